The molecule has 78 valence electrons. The molecular formula is C10H10ClN3O. The predicted molar refractivity (Wildman–Crippen MR) is 58.4 cm³/mol. The summed E-state index contributed by atoms with van der Waals surface area (Å²) in [5, 5.41) is 0.213. The number of hydrogen-bond donors (Lipinski definition) is 0. The molecule has 1 aromatic rings. The highest BCUT2D eigenvalue weighted by atomic mass is 35.5. The lowest BCUT2D eigenvalue weighted by Crippen LogP contribution is -2.28. The van der Waals surface area contributed by atoms with Crippen molar-refractivity contribution in [3.8, 4) is 0 Å². The molecule has 0 fully saturated rings. The number of aldehydes is 1. The number of anilines is 1. The number of hydrogen-bond acceptors (Lipinski definition) is 4. The minimum Gasteiger partial charge on any atom is -0.352 e. The summed E-state index contributed by atoms with van der Waals surface area (Å²) >= 11 is 5.82. The average Bonchev–Trinajstić information content (AvgIpc) is 2.30. The zero-order chi connectivity index (χ0) is 10.7. The van der Waals surface area contributed by atoms with Crippen molar-refractivity contribution in [1.82, 2.24) is 9.97 Å². The van der Waals surface area contributed by atoms with E-state index in [1.165, 1.54) is 6.33 Å². The van der Waals surface area contributed by atoms with Crippen LogP contribution < -0.4 is 4.90 Å². The van der Waals surface area contributed by atoms with Gasteiger partial charge in [0.25, 0.3) is 0 Å². The van der Waals surface area contributed by atoms with Gasteiger partial charge in [-0.3, -0.25) is 4.79 Å². The van der Waals surface area contributed by atoms with Crippen LogP contribution in [0.2, 0.25) is 5.15 Å². The Kier molecular flexibility index (Phi) is 2.97. The van der Waals surface area contributed by atoms with E-state index in [0.717, 1.165) is 19.5 Å². The summed E-state index contributed by atoms with van der Waals surface area (Å²) in [6.07, 6.45) is 7.20. The predicted octanol–water partition coefficient (Wildman–Crippen LogP) is 1.71. The molecule has 1 aliphatic heterocycles. The first-order chi connectivity index (χ1) is 7.33. The molecule has 4 nitrogen and oxygen atoms in total. The molecule has 0 unspecified atom stereocenters. The molecule has 0 atom stereocenters. The third kappa shape index (κ3) is 1.99. The van der Waals surface area contributed by atoms with Gasteiger partial charge >= 0.3 is 0 Å². The first-order valence-electron chi connectivity index (χ1n) is 4.68. The Labute approximate surface area is 92.6 Å². The third-order valence-electron chi connectivity index (χ3n) is 2.29. The largest absolute Gasteiger partial charge is 0.352 e. The SMILES string of the molecule is O=Cc1c(Cl)ncnc1N1CC=CCC1. The maximum atomic E-state index is 10.9. The molecule has 1 aliphatic rings. The summed E-state index contributed by atoms with van der Waals surface area (Å²) in [6.45, 7) is 1.61. The minimum atomic E-state index is 0.213. The highest BCUT2D eigenvalue weighted by molar-refractivity contribution is 6.32. The maximum absolute atomic E-state index is 10.9. The van der Waals surface area contributed by atoms with Gasteiger partial charge in [0, 0.05) is 13.1 Å². The molecular weight excluding hydrogens is 214 g/mol. The van der Waals surface area contributed by atoms with E-state index in [2.05, 4.69) is 16.0 Å². The normalized spacial score (nSPS) is 15.4. The van der Waals surface area contributed by atoms with Crippen molar-refractivity contribution in [2.75, 3.05) is 18.0 Å². The molecule has 15 heavy (non-hydrogen) atoms. The fraction of sp³-hybridized carbons (Fsp3) is 0.300. The number of carbonyl (C=O) groups excluding carboxylic acids is 1. The summed E-state index contributed by atoms with van der Waals surface area (Å²) in [4.78, 5) is 20.8. The molecule has 0 spiro atoms. The highest BCUT2D eigenvalue weighted by Gasteiger charge is 2.15. The number of carbonyl (C=O) groups is 1. The Morgan fingerprint density at radius 1 is 1.40 bits per heavy atom. The van der Waals surface area contributed by atoms with Gasteiger partial charge in [-0.25, -0.2) is 9.97 Å². The Balaban J connectivity index is 2.38. The van der Waals surface area contributed by atoms with Gasteiger partial charge in [-0.05, 0) is 6.42 Å². The van der Waals surface area contributed by atoms with E-state index < -0.39 is 0 Å². The average molecular weight is 224 g/mol. The van der Waals surface area contributed by atoms with Crippen LogP contribution in [0.25, 0.3) is 0 Å². The molecule has 0 aromatic carbocycles. The first-order valence-corrected chi connectivity index (χ1v) is 5.06. The van der Waals surface area contributed by atoms with Crippen LogP contribution in [-0.4, -0.2) is 29.3 Å². The molecule has 2 rings (SSSR count). The number of halogens is 1. The van der Waals surface area contributed by atoms with Crippen molar-refractivity contribution in [2.45, 2.75) is 6.42 Å². The molecule has 0 saturated carbocycles. The lowest BCUT2D eigenvalue weighted by molar-refractivity contribution is 0.112. The Morgan fingerprint density at radius 3 is 2.93 bits per heavy atom. The van der Waals surface area contributed by atoms with E-state index >= 15 is 0 Å². The van der Waals surface area contributed by atoms with Gasteiger partial charge in [-0.2, -0.15) is 0 Å². The van der Waals surface area contributed by atoms with Crippen molar-refractivity contribution in [2.24, 2.45) is 0 Å². The van der Waals surface area contributed by atoms with Crippen molar-refractivity contribution < 1.29 is 4.79 Å². The van der Waals surface area contributed by atoms with Crippen molar-refractivity contribution in [3.05, 3.63) is 29.2 Å². The van der Waals surface area contributed by atoms with Gasteiger partial charge in [0.1, 0.15) is 17.3 Å². The molecule has 0 radical (unpaired) electrons. The van der Waals surface area contributed by atoms with Crippen LogP contribution in [0.3, 0.4) is 0 Å². The Morgan fingerprint density at radius 2 is 2.27 bits per heavy atom. The molecule has 5 heteroatoms. The van der Waals surface area contributed by atoms with Crippen LogP contribution in [0.15, 0.2) is 18.5 Å². The van der Waals surface area contributed by atoms with Crippen LogP contribution in [0, 0.1) is 0 Å². The van der Waals surface area contributed by atoms with Crippen LogP contribution in [0.5, 0.6) is 0 Å². The fourth-order valence-electron chi connectivity index (χ4n) is 1.55. The zero-order valence-electron chi connectivity index (χ0n) is 8.06. The fourth-order valence-corrected chi connectivity index (χ4v) is 1.73. The molecule has 0 aliphatic carbocycles. The van der Waals surface area contributed by atoms with Crippen LogP contribution in [0.4, 0.5) is 5.82 Å². The summed E-state index contributed by atoms with van der Waals surface area (Å²) in [5.74, 6) is 0.620. The number of rotatable bonds is 2. The van der Waals surface area contributed by atoms with Gasteiger partial charge in [0.05, 0.1) is 5.56 Å². The van der Waals surface area contributed by atoms with Gasteiger partial charge in [-0.1, -0.05) is 23.8 Å². The lowest BCUT2D eigenvalue weighted by atomic mass is 10.2. The van der Waals surface area contributed by atoms with Crippen molar-refractivity contribution >= 4 is 23.7 Å². The van der Waals surface area contributed by atoms with Gasteiger partial charge in [0.2, 0.25) is 0 Å². The van der Waals surface area contributed by atoms with E-state index in [-0.39, 0.29) is 5.15 Å². The second kappa shape index (κ2) is 4.40. The first kappa shape index (κ1) is 10.1. The standard InChI is InChI=1S/C10H10ClN3O/c11-9-8(6-15)10(13-7-12-9)14-4-2-1-3-5-14/h1-2,6-7H,3-5H2. The van der Waals surface area contributed by atoms with Gasteiger partial charge in [-0.15, -0.1) is 0 Å². The molecule has 2 heterocycles. The summed E-state index contributed by atoms with van der Waals surface area (Å²) in [5.41, 5.74) is 0.370. The second-order valence-electron chi connectivity index (χ2n) is 3.23. The lowest BCUT2D eigenvalue weighted by Gasteiger charge is -2.25. The zero-order valence-corrected chi connectivity index (χ0v) is 8.81. The van der Waals surface area contributed by atoms with E-state index in [1.54, 1.807) is 0 Å². The van der Waals surface area contributed by atoms with E-state index in [0.29, 0.717) is 17.7 Å². The van der Waals surface area contributed by atoms with Gasteiger partial charge < -0.3 is 4.90 Å². The van der Waals surface area contributed by atoms with Gasteiger partial charge in [0.15, 0.2) is 6.29 Å². The Bertz CT molecular complexity index is 406. The smallest absolute Gasteiger partial charge is 0.156 e. The minimum absolute atomic E-state index is 0.213. The maximum Gasteiger partial charge on any atom is 0.156 e. The Hall–Kier alpha value is -1.42. The van der Waals surface area contributed by atoms with Crippen LogP contribution in [0.1, 0.15) is 16.8 Å². The molecule has 0 saturated heterocycles. The monoisotopic (exact) mass is 223 g/mol. The number of nitrogens with zero attached hydrogens (tertiary/aromatic N) is 3. The van der Waals surface area contributed by atoms with Crippen LogP contribution >= 0.6 is 11.6 Å². The molecule has 1 aromatic heterocycles. The van der Waals surface area contributed by atoms with Crippen molar-refractivity contribution in [1.29, 1.82) is 0 Å². The summed E-state index contributed by atoms with van der Waals surface area (Å²) < 4.78 is 0. The van der Waals surface area contributed by atoms with E-state index in [9.17, 15) is 4.79 Å². The topological polar surface area (TPSA) is 46.1 Å². The molecule has 0 amide bonds. The quantitative estimate of drug-likeness (QED) is 0.435. The summed E-state index contributed by atoms with van der Waals surface area (Å²) in [6, 6.07) is 0. The highest BCUT2D eigenvalue weighted by Crippen LogP contribution is 2.22. The van der Waals surface area contributed by atoms with E-state index in [4.69, 9.17) is 11.6 Å². The third-order valence-corrected chi connectivity index (χ3v) is 2.59. The van der Waals surface area contributed by atoms with Crippen LogP contribution in [-0.2, 0) is 0 Å². The number of aromatic nitrogens is 2. The van der Waals surface area contributed by atoms with E-state index in [1.807, 2.05) is 11.0 Å². The molecule has 0 N–H and O–H groups in total. The second-order valence-corrected chi connectivity index (χ2v) is 3.58. The van der Waals surface area contributed by atoms with Crippen molar-refractivity contribution in [3.63, 3.8) is 0 Å². The summed E-state index contributed by atoms with van der Waals surface area (Å²) in [7, 11) is 0. The molecule has 0 bridgehead atoms.